The molecule has 0 spiro atoms. The third-order valence-electron chi connectivity index (χ3n) is 5.40. The minimum atomic E-state index is -1.75. The van der Waals surface area contributed by atoms with Gasteiger partial charge >= 0.3 is 6.09 Å². The first-order valence-electron chi connectivity index (χ1n) is 9.67. The molecule has 1 aromatic rings. The average molecular weight is 456 g/mol. The number of fused-ring (bicyclic) bond motifs is 1. The standard InChI is InChI=1S/C21H34BrNO3Si/c1-20(2,3)26-19(24)23-11-9-16-13-17(22)15(14-18(16)23)10-12-25-27(7,8)21(4,5)6/h13-14H,9-12H2,1-8H3. The second-order valence-electron chi connectivity index (χ2n) is 9.81. The van der Waals surface area contributed by atoms with Crippen LogP contribution in [0, 0.1) is 0 Å². The van der Waals surface area contributed by atoms with Gasteiger partial charge in [0.05, 0.1) is 5.69 Å². The first-order chi connectivity index (χ1) is 12.2. The van der Waals surface area contributed by atoms with Crippen LogP contribution in [0.4, 0.5) is 10.5 Å². The zero-order chi connectivity index (χ0) is 20.6. The monoisotopic (exact) mass is 455 g/mol. The summed E-state index contributed by atoms with van der Waals surface area (Å²) in [7, 11) is -1.75. The molecule has 2 rings (SSSR count). The number of hydrogen-bond acceptors (Lipinski definition) is 3. The van der Waals surface area contributed by atoms with Gasteiger partial charge in [0.1, 0.15) is 5.60 Å². The lowest BCUT2D eigenvalue weighted by atomic mass is 10.1. The van der Waals surface area contributed by atoms with Crippen LogP contribution in [-0.2, 0) is 22.0 Å². The van der Waals surface area contributed by atoms with Gasteiger partial charge in [-0.1, -0.05) is 36.7 Å². The summed E-state index contributed by atoms with van der Waals surface area (Å²) in [6, 6.07) is 4.26. The van der Waals surface area contributed by atoms with Gasteiger partial charge in [0, 0.05) is 17.6 Å². The van der Waals surface area contributed by atoms with Crippen LogP contribution in [0.1, 0.15) is 52.7 Å². The molecule has 1 amide bonds. The zero-order valence-electron chi connectivity index (χ0n) is 18.0. The molecule has 0 saturated carbocycles. The molecule has 1 aliphatic rings. The molecule has 0 N–H and O–H groups in total. The molecule has 0 aliphatic carbocycles. The van der Waals surface area contributed by atoms with Crippen molar-refractivity contribution < 1.29 is 14.0 Å². The molecular weight excluding hydrogens is 422 g/mol. The number of rotatable bonds is 4. The molecule has 0 saturated heterocycles. The van der Waals surface area contributed by atoms with E-state index in [-0.39, 0.29) is 11.1 Å². The number of carbonyl (C=O) groups is 1. The molecule has 0 atom stereocenters. The Labute approximate surface area is 173 Å². The number of hydrogen-bond donors (Lipinski definition) is 0. The number of anilines is 1. The van der Waals surface area contributed by atoms with Crippen LogP contribution in [0.5, 0.6) is 0 Å². The van der Waals surface area contributed by atoms with Crippen molar-refractivity contribution in [2.45, 2.75) is 78.1 Å². The summed E-state index contributed by atoms with van der Waals surface area (Å²) >= 11 is 3.70. The van der Waals surface area contributed by atoms with E-state index in [9.17, 15) is 4.79 Å². The van der Waals surface area contributed by atoms with Crippen molar-refractivity contribution in [2.24, 2.45) is 0 Å². The van der Waals surface area contributed by atoms with Gasteiger partial charge in [-0.25, -0.2) is 4.79 Å². The first kappa shape index (κ1) is 22.4. The van der Waals surface area contributed by atoms with E-state index in [2.05, 4.69) is 61.9 Å². The van der Waals surface area contributed by atoms with Gasteiger partial charge in [0.25, 0.3) is 0 Å². The molecule has 6 heteroatoms. The lowest BCUT2D eigenvalue weighted by Crippen LogP contribution is -2.41. The SMILES string of the molecule is CC(C)(C)OC(=O)N1CCc2cc(Br)c(CCO[Si](C)(C)C(C)(C)C)cc21. The second-order valence-corrected chi connectivity index (χ2v) is 15.5. The summed E-state index contributed by atoms with van der Waals surface area (Å²) in [5, 5.41) is 0.204. The van der Waals surface area contributed by atoms with Crippen molar-refractivity contribution in [1.82, 2.24) is 0 Å². The Morgan fingerprint density at radius 3 is 2.37 bits per heavy atom. The smallest absolute Gasteiger partial charge is 0.414 e. The fourth-order valence-electron chi connectivity index (χ4n) is 2.78. The average Bonchev–Trinajstić information content (AvgIpc) is 2.87. The highest BCUT2D eigenvalue weighted by Gasteiger charge is 2.37. The summed E-state index contributed by atoms with van der Waals surface area (Å²) in [4.78, 5) is 14.3. The molecule has 27 heavy (non-hydrogen) atoms. The predicted molar refractivity (Wildman–Crippen MR) is 118 cm³/mol. The maximum absolute atomic E-state index is 12.5. The predicted octanol–water partition coefficient (Wildman–Crippen LogP) is 6.31. The van der Waals surface area contributed by atoms with Gasteiger partial charge in [-0.3, -0.25) is 4.90 Å². The summed E-state index contributed by atoms with van der Waals surface area (Å²) in [5.74, 6) is 0. The zero-order valence-corrected chi connectivity index (χ0v) is 20.6. The minimum Gasteiger partial charge on any atom is -0.443 e. The molecule has 1 heterocycles. The molecule has 0 aromatic heterocycles. The normalized spacial score (nSPS) is 15.1. The number of ether oxygens (including phenoxy) is 1. The van der Waals surface area contributed by atoms with Gasteiger partial charge in [0.2, 0.25) is 0 Å². The van der Waals surface area contributed by atoms with Crippen molar-refractivity contribution in [1.29, 1.82) is 0 Å². The Balaban J connectivity index is 2.13. The maximum atomic E-state index is 12.5. The van der Waals surface area contributed by atoms with E-state index < -0.39 is 13.9 Å². The summed E-state index contributed by atoms with van der Waals surface area (Å²) in [6.45, 7) is 18.4. The molecule has 1 aromatic carbocycles. The number of nitrogens with zero attached hydrogens (tertiary/aromatic N) is 1. The highest BCUT2D eigenvalue weighted by Crippen LogP contribution is 2.37. The maximum Gasteiger partial charge on any atom is 0.414 e. The summed E-state index contributed by atoms with van der Waals surface area (Å²) in [5.41, 5.74) is 2.83. The molecule has 4 nitrogen and oxygen atoms in total. The second kappa shape index (κ2) is 7.88. The first-order valence-corrected chi connectivity index (χ1v) is 13.4. The van der Waals surface area contributed by atoms with E-state index in [1.807, 2.05) is 20.8 Å². The molecule has 0 bridgehead atoms. The molecular formula is C21H34BrNO3Si. The lowest BCUT2D eigenvalue weighted by molar-refractivity contribution is 0.0584. The third kappa shape index (κ3) is 5.58. The van der Waals surface area contributed by atoms with Gasteiger partial charge < -0.3 is 9.16 Å². The van der Waals surface area contributed by atoms with Crippen molar-refractivity contribution >= 4 is 36.0 Å². The molecule has 152 valence electrons. The topological polar surface area (TPSA) is 38.8 Å². The van der Waals surface area contributed by atoms with Crippen LogP contribution >= 0.6 is 15.9 Å². The van der Waals surface area contributed by atoms with Gasteiger partial charge in [-0.15, -0.1) is 0 Å². The van der Waals surface area contributed by atoms with E-state index in [0.717, 1.165) is 23.0 Å². The number of amides is 1. The quantitative estimate of drug-likeness (QED) is 0.499. The van der Waals surface area contributed by atoms with Gasteiger partial charge in [0.15, 0.2) is 8.32 Å². The van der Waals surface area contributed by atoms with E-state index in [1.54, 1.807) is 4.90 Å². The van der Waals surface area contributed by atoms with Crippen LogP contribution < -0.4 is 4.90 Å². The van der Waals surface area contributed by atoms with Crippen LogP contribution in [0.15, 0.2) is 16.6 Å². The lowest BCUT2D eigenvalue weighted by Gasteiger charge is -2.36. The number of halogens is 1. The number of benzene rings is 1. The van der Waals surface area contributed by atoms with Crippen LogP contribution in [0.3, 0.4) is 0 Å². The van der Waals surface area contributed by atoms with E-state index >= 15 is 0 Å². The Bertz CT molecular complexity index is 705. The molecule has 0 radical (unpaired) electrons. The Morgan fingerprint density at radius 1 is 1.19 bits per heavy atom. The molecule has 0 unspecified atom stereocenters. The van der Waals surface area contributed by atoms with E-state index in [1.165, 1.54) is 11.1 Å². The van der Waals surface area contributed by atoms with Crippen molar-refractivity contribution in [2.75, 3.05) is 18.1 Å². The van der Waals surface area contributed by atoms with Gasteiger partial charge in [-0.05, 0) is 75.0 Å². The molecule has 1 aliphatic heterocycles. The van der Waals surface area contributed by atoms with Crippen molar-refractivity contribution in [3.8, 4) is 0 Å². The van der Waals surface area contributed by atoms with Crippen molar-refractivity contribution in [3.63, 3.8) is 0 Å². The highest BCUT2D eigenvalue weighted by molar-refractivity contribution is 9.10. The van der Waals surface area contributed by atoms with Crippen LogP contribution in [-0.4, -0.2) is 33.2 Å². The van der Waals surface area contributed by atoms with E-state index in [0.29, 0.717) is 13.2 Å². The Hall–Kier alpha value is -0.853. The van der Waals surface area contributed by atoms with Gasteiger partial charge in [-0.2, -0.15) is 0 Å². The minimum absolute atomic E-state index is 0.204. The fourth-order valence-corrected chi connectivity index (χ4v) is 4.42. The Morgan fingerprint density at radius 2 is 1.81 bits per heavy atom. The molecule has 0 fully saturated rings. The van der Waals surface area contributed by atoms with Crippen LogP contribution in [0.2, 0.25) is 18.1 Å². The number of carbonyl (C=O) groups excluding carboxylic acids is 1. The van der Waals surface area contributed by atoms with Crippen LogP contribution in [0.25, 0.3) is 0 Å². The largest absolute Gasteiger partial charge is 0.443 e. The van der Waals surface area contributed by atoms with Crippen molar-refractivity contribution in [3.05, 3.63) is 27.7 Å². The Kier molecular flexibility index (Phi) is 6.54. The fraction of sp³-hybridized carbons (Fsp3) is 0.667. The third-order valence-corrected chi connectivity index (χ3v) is 10.7. The summed E-state index contributed by atoms with van der Waals surface area (Å²) < 4.78 is 13.0. The summed E-state index contributed by atoms with van der Waals surface area (Å²) in [6.07, 6.45) is 1.41. The van der Waals surface area contributed by atoms with E-state index in [4.69, 9.17) is 9.16 Å². The highest BCUT2D eigenvalue weighted by atomic mass is 79.9.